The Labute approximate surface area is 137 Å². The van der Waals surface area contributed by atoms with Crippen molar-refractivity contribution >= 4 is 6.16 Å². The molecule has 0 aliphatic rings. The van der Waals surface area contributed by atoms with E-state index >= 15 is 0 Å². The van der Waals surface area contributed by atoms with Crippen LogP contribution in [0.2, 0.25) is 0 Å². The molecule has 0 atom stereocenters. The highest BCUT2D eigenvalue weighted by atomic mass is 16.7. The number of hydrogen-bond donors (Lipinski definition) is 0. The van der Waals surface area contributed by atoms with Gasteiger partial charge in [0.1, 0.15) is 12.4 Å². The predicted molar refractivity (Wildman–Crippen MR) is 89.5 cm³/mol. The SMILES string of the molecule is CC(C)COCCOC(=O)Oc1ccccc1-c1ccccc1. The van der Waals surface area contributed by atoms with Gasteiger partial charge in [-0.1, -0.05) is 62.4 Å². The molecule has 2 aromatic rings. The average molecular weight is 314 g/mol. The molecule has 0 radical (unpaired) electrons. The molecule has 0 aliphatic heterocycles. The van der Waals surface area contributed by atoms with Gasteiger partial charge >= 0.3 is 6.16 Å². The van der Waals surface area contributed by atoms with E-state index in [4.69, 9.17) is 14.2 Å². The van der Waals surface area contributed by atoms with Crippen molar-refractivity contribution in [2.24, 2.45) is 5.92 Å². The molecule has 4 nitrogen and oxygen atoms in total. The lowest BCUT2D eigenvalue weighted by Crippen LogP contribution is -2.15. The smallest absolute Gasteiger partial charge is 0.432 e. The van der Waals surface area contributed by atoms with Crippen molar-refractivity contribution in [3.8, 4) is 16.9 Å². The van der Waals surface area contributed by atoms with E-state index in [-0.39, 0.29) is 6.61 Å². The second-order valence-corrected chi connectivity index (χ2v) is 5.53. The van der Waals surface area contributed by atoms with E-state index in [0.717, 1.165) is 11.1 Å². The fourth-order valence-electron chi connectivity index (χ4n) is 2.03. The molecule has 0 heterocycles. The van der Waals surface area contributed by atoms with Crippen molar-refractivity contribution in [1.82, 2.24) is 0 Å². The molecule has 0 amide bonds. The summed E-state index contributed by atoms with van der Waals surface area (Å²) in [4.78, 5) is 11.8. The van der Waals surface area contributed by atoms with E-state index in [1.54, 1.807) is 6.07 Å². The summed E-state index contributed by atoms with van der Waals surface area (Å²) in [5.41, 5.74) is 1.83. The lowest BCUT2D eigenvalue weighted by Gasteiger charge is -2.11. The molecule has 2 aromatic carbocycles. The Kier molecular flexibility index (Phi) is 6.63. The molecule has 2 rings (SSSR count). The number of hydrogen-bond acceptors (Lipinski definition) is 4. The van der Waals surface area contributed by atoms with Gasteiger partial charge in [0.25, 0.3) is 0 Å². The number of para-hydroxylation sites is 1. The van der Waals surface area contributed by atoms with E-state index in [2.05, 4.69) is 13.8 Å². The van der Waals surface area contributed by atoms with E-state index in [1.165, 1.54) is 0 Å². The van der Waals surface area contributed by atoms with Gasteiger partial charge in [-0.25, -0.2) is 4.79 Å². The van der Waals surface area contributed by atoms with Gasteiger partial charge < -0.3 is 14.2 Å². The second-order valence-electron chi connectivity index (χ2n) is 5.53. The third-order valence-corrected chi connectivity index (χ3v) is 3.06. The van der Waals surface area contributed by atoms with Gasteiger partial charge in [0.15, 0.2) is 0 Å². The van der Waals surface area contributed by atoms with Crippen LogP contribution in [-0.4, -0.2) is 26.0 Å². The van der Waals surface area contributed by atoms with Gasteiger partial charge in [0.2, 0.25) is 0 Å². The third kappa shape index (κ3) is 5.75. The molecule has 0 saturated carbocycles. The molecular weight excluding hydrogens is 292 g/mol. The van der Waals surface area contributed by atoms with Gasteiger partial charge in [0, 0.05) is 12.2 Å². The van der Waals surface area contributed by atoms with Crippen molar-refractivity contribution in [2.75, 3.05) is 19.8 Å². The Morgan fingerprint density at radius 1 is 0.957 bits per heavy atom. The minimum Gasteiger partial charge on any atom is -0.432 e. The summed E-state index contributed by atoms with van der Waals surface area (Å²) < 4.78 is 15.7. The summed E-state index contributed by atoms with van der Waals surface area (Å²) >= 11 is 0. The largest absolute Gasteiger partial charge is 0.513 e. The first-order valence-electron chi connectivity index (χ1n) is 7.73. The van der Waals surface area contributed by atoms with Crippen LogP contribution in [0.25, 0.3) is 11.1 Å². The van der Waals surface area contributed by atoms with Crippen molar-refractivity contribution < 1.29 is 19.0 Å². The van der Waals surface area contributed by atoms with Crippen LogP contribution in [0, 0.1) is 5.92 Å². The zero-order valence-corrected chi connectivity index (χ0v) is 13.5. The Hall–Kier alpha value is -2.33. The highest BCUT2D eigenvalue weighted by Gasteiger charge is 2.11. The molecule has 0 saturated heterocycles. The van der Waals surface area contributed by atoms with Gasteiger partial charge in [-0.15, -0.1) is 0 Å². The number of ether oxygens (including phenoxy) is 3. The summed E-state index contributed by atoms with van der Waals surface area (Å²) in [7, 11) is 0. The second kappa shape index (κ2) is 8.96. The molecule has 0 aliphatic carbocycles. The summed E-state index contributed by atoms with van der Waals surface area (Å²) in [5, 5.41) is 0. The summed E-state index contributed by atoms with van der Waals surface area (Å²) in [6.45, 7) is 5.33. The summed E-state index contributed by atoms with van der Waals surface area (Å²) in [6, 6.07) is 17.1. The number of carbonyl (C=O) groups excluding carboxylic acids is 1. The Morgan fingerprint density at radius 2 is 1.65 bits per heavy atom. The maximum absolute atomic E-state index is 11.8. The Bertz CT molecular complexity index is 608. The maximum Gasteiger partial charge on any atom is 0.513 e. The van der Waals surface area contributed by atoms with Gasteiger partial charge in [0.05, 0.1) is 6.61 Å². The molecule has 23 heavy (non-hydrogen) atoms. The molecule has 0 unspecified atom stereocenters. The molecule has 0 bridgehead atoms. The lowest BCUT2D eigenvalue weighted by atomic mass is 10.1. The fourth-order valence-corrected chi connectivity index (χ4v) is 2.03. The zero-order valence-electron chi connectivity index (χ0n) is 13.5. The van der Waals surface area contributed by atoms with Gasteiger partial charge in [-0.2, -0.15) is 0 Å². The van der Waals surface area contributed by atoms with Crippen LogP contribution in [-0.2, 0) is 9.47 Å². The van der Waals surface area contributed by atoms with Crippen molar-refractivity contribution in [3.63, 3.8) is 0 Å². The quantitative estimate of drug-likeness (QED) is 0.427. The standard InChI is InChI=1S/C19H22O4/c1-15(2)14-21-12-13-22-19(20)23-18-11-7-6-10-17(18)16-8-4-3-5-9-16/h3-11,15H,12-14H2,1-2H3. The summed E-state index contributed by atoms with van der Waals surface area (Å²) in [5.74, 6) is 0.937. The van der Waals surface area contributed by atoms with E-state index < -0.39 is 6.16 Å². The van der Waals surface area contributed by atoms with Crippen LogP contribution >= 0.6 is 0 Å². The zero-order chi connectivity index (χ0) is 16.5. The molecule has 0 N–H and O–H groups in total. The van der Waals surface area contributed by atoms with Crippen LogP contribution in [0.1, 0.15) is 13.8 Å². The lowest BCUT2D eigenvalue weighted by molar-refractivity contribution is 0.0438. The highest BCUT2D eigenvalue weighted by Crippen LogP contribution is 2.29. The average Bonchev–Trinajstić information content (AvgIpc) is 2.55. The number of rotatable bonds is 7. The van der Waals surface area contributed by atoms with Crippen LogP contribution in [0.15, 0.2) is 54.6 Å². The molecule has 4 heteroatoms. The van der Waals surface area contributed by atoms with Crippen LogP contribution in [0.3, 0.4) is 0 Å². The van der Waals surface area contributed by atoms with Crippen molar-refractivity contribution in [3.05, 3.63) is 54.6 Å². The number of carbonyl (C=O) groups is 1. The molecule has 0 aromatic heterocycles. The fraction of sp³-hybridized carbons (Fsp3) is 0.316. The molecule has 0 fully saturated rings. The van der Waals surface area contributed by atoms with Gasteiger partial charge in [-0.3, -0.25) is 0 Å². The van der Waals surface area contributed by atoms with E-state index in [1.807, 2.05) is 48.5 Å². The topological polar surface area (TPSA) is 44.8 Å². The molecule has 0 spiro atoms. The minimum atomic E-state index is -0.721. The number of benzene rings is 2. The monoisotopic (exact) mass is 314 g/mol. The van der Waals surface area contributed by atoms with E-state index in [0.29, 0.717) is 24.9 Å². The normalized spacial score (nSPS) is 10.6. The Balaban J connectivity index is 1.89. The minimum absolute atomic E-state index is 0.180. The van der Waals surface area contributed by atoms with E-state index in [9.17, 15) is 4.79 Å². The van der Waals surface area contributed by atoms with Crippen LogP contribution in [0.4, 0.5) is 4.79 Å². The van der Waals surface area contributed by atoms with Crippen molar-refractivity contribution in [1.29, 1.82) is 0 Å². The first-order valence-corrected chi connectivity index (χ1v) is 7.73. The van der Waals surface area contributed by atoms with Crippen LogP contribution in [0.5, 0.6) is 5.75 Å². The molecular formula is C19H22O4. The van der Waals surface area contributed by atoms with Crippen molar-refractivity contribution in [2.45, 2.75) is 13.8 Å². The maximum atomic E-state index is 11.8. The van der Waals surface area contributed by atoms with Gasteiger partial charge in [-0.05, 0) is 17.5 Å². The predicted octanol–water partition coefficient (Wildman–Crippen LogP) is 4.54. The first-order chi connectivity index (χ1) is 11.2. The van der Waals surface area contributed by atoms with Crippen LogP contribution < -0.4 is 4.74 Å². The Morgan fingerprint density at radius 3 is 2.39 bits per heavy atom. The highest BCUT2D eigenvalue weighted by molar-refractivity contribution is 5.74. The first kappa shape index (κ1) is 17.0. The molecule has 122 valence electrons. The third-order valence-electron chi connectivity index (χ3n) is 3.06. The summed E-state index contributed by atoms with van der Waals surface area (Å²) in [6.07, 6.45) is -0.721.